The van der Waals surface area contributed by atoms with Crippen molar-refractivity contribution in [3.05, 3.63) is 80.5 Å². The summed E-state index contributed by atoms with van der Waals surface area (Å²) in [6, 6.07) is 5.29. The molecule has 0 bridgehead atoms. The number of nitrogens with zero attached hydrogens (tertiary/aromatic N) is 1. The smallest absolute Gasteiger partial charge is 0.256 e. The maximum absolute atomic E-state index is 13.9. The predicted octanol–water partition coefficient (Wildman–Crippen LogP) is 3.60. The van der Waals surface area contributed by atoms with Crippen molar-refractivity contribution < 1.29 is 22.7 Å². The summed E-state index contributed by atoms with van der Waals surface area (Å²) in [6.45, 7) is 1.75. The molecular weight excluding hydrogens is 385 g/mol. The van der Waals surface area contributed by atoms with E-state index in [1.807, 2.05) is 0 Å². The van der Waals surface area contributed by atoms with Gasteiger partial charge < -0.3 is 14.6 Å². The van der Waals surface area contributed by atoms with Gasteiger partial charge in [-0.25, -0.2) is 13.2 Å². The summed E-state index contributed by atoms with van der Waals surface area (Å²) in [5.74, 6) is -3.19. The monoisotopic (exact) mass is 402 g/mol. The molecule has 5 nitrogen and oxygen atoms in total. The van der Waals surface area contributed by atoms with E-state index in [1.54, 1.807) is 6.92 Å². The van der Waals surface area contributed by atoms with Crippen LogP contribution < -0.4 is 5.56 Å². The number of hydrogen-bond acceptors (Lipinski definition) is 3. The van der Waals surface area contributed by atoms with Crippen LogP contribution in [0.25, 0.3) is 10.8 Å². The van der Waals surface area contributed by atoms with Crippen LogP contribution >= 0.6 is 0 Å². The van der Waals surface area contributed by atoms with E-state index in [0.29, 0.717) is 16.8 Å². The molecule has 29 heavy (non-hydrogen) atoms. The zero-order valence-electron chi connectivity index (χ0n) is 15.7. The van der Waals surface area contributed by atoms with Gasteiger partial charge in [0.05, 0.1) is 24.6 Å². The number of benzene rings is 2. The second-order valence-corrected chi connectivity index (χ2v) is 7.07. The van der Waals surface area contributed by atoms with Gasteiger partial charge in [0.1, 0.15) is 5.82 Å². The third-order valence-corrected chi connectivity index (χ3v) is 5.25. The number of carbonyl (C=O) groups excluding carboxylic acids is 1. The molecule has 0 saturated carbocycles. The Hall–Kier alpha value is -3.13. The lowest BCUT2D eigenvalue weighted by atomic mass is 9.95. The fourth-order valence-corrected chi connectivity index (χ4v) is 3.62. The third kappa shape index (κ3) is 3.19. The molecule has 150 valence electrons. The van der Waals surface area contributed by atoms with Crippen LogP contribution in [0.5, 0.6) is 0 Å². The minimum Gasteiger partial charge on any atom is -0.373 e. The van der Waals surface area contributed by atoms with Crippen molar-refractivity contribution in [3.63, 3.8) is 0 Å². The molecule has 1 amide bonds. The van der Waals surface area contributed by atoms with Crippen molar-refractivity contribution in [3.8, 4) is 0 Å². The number of aromatic amines is 1. The van der Waals surface area contributed by atoms with Crippen LogP contribution in [-0.4, -0.2) is 29.4 Å². The topological polar surface area (TPSA) is 62.4 Å². The van der Waals surface area contributed by atoms with Gasteiger partial charge in [-0.1, -0.05) is 6.07 Å². The third-order valence-electron chi connectivity index (χ3n) is 5.25. The number of fused-ring (bicyclic) bond motifs is 3. The zero-order valence-corrected chi connectivity index (χ0v) is 15.7. The van der Waals surface area contributed by atoms with Crippen LogP contribution in [0.2, 0.25) is 0 Å². The highest BCUT2D eigenvalue weighted by molar-refractivity contribution is 5.95. The highest BCUT2D eigenvalue weighted by atomic mass is 19.2. The second-order valence-electron chi connectivity index (χ2n) is 7.07. The van der Waals surface area contributed by atoms with E-state index in [0.717, 1.165) is 18.2 Å². The number of hydrogen-bond donors (Lipinski definition) is 1. The van der Waals surface area contributed by atoms with Crippen molar-refractivity contribution in [1.29, 1.82) is 0 Å². The SMILES string of the molecule is Cc1ccc(C(=O)N(C)[C@@H]2COCc3[nH]c(=O)c4cc(F)c(F)cc4c32)cc1F. The molecule has 0 spiro atoms. The number of carbonyl (C=O) groups is 1. The Morgan fingerprint density at radius 3 is 2.48 bits per heavy atom. The molecule has 0 radical (unpaired) electrons. The van der Waals surface area contributed by atoms with Crippen molar-refractivity contribution in [2.24, 2.45) is 0 Å². The Morgan fingerprint density at radius 2 is 1.79 bits per heavy atom. The average Bonchev–Trinajstić information content (AvgIpc) is 2.70. The number of aryl methyl sites for hydroxylation is 1. The van der Waals surface area contributed by atoms with Gasteiger partial charge in [-0.05, 0) is 42.1 Å². The summed E-state index contributed by atoms with van der Waals surface area (Å²) in [7, 11) is 1.51. The average molecular weight is 402 g/mol. The van der Waals surface area contributed by atoms with Gasteiger partial charge in [-0.15, -0.1) is 0 Å². The minimum absolute atomic E-state index is 0.0169. The molecule has 3 aromatic rings. The Bertz CT molecular complexity index is 1210. The van der Waals surface area contributed by atoms with E-state index in [4.69, 9.17) is 4.74 Å². The van der Waals surface area contributed by atoms with E-state index in [2.05, 4.69) is 4.98 Å². The summed E-state index contributed by atoms with van der Waals surface area (Å²) in [5, 5.41) is 0.197. The molecule has 2 aromatic carbocycles. The number of halogens is 3. The molecule has 1 atom stereocenters. The van der Waals surface area contributed by atoms with E-state index in [-0.39, 0.29) is 29.5 Å². The zero-order chi connectivity index (χ0) is 20.9. The van der Waals surface area contributed by atoms with Crippen LogP contribution in [0, 0.1) is 24.4 Å². The molecule has 0 saturated heterocycles. The minimum atomic E-state index is -1.13. The number of H-pyrrole nitrogens is 1. The highest BCUT2D eigenvalue weighted by Gasteiger charge is 2.31. The number of nitrogens with one attached hydrogen (secondary N) is 1. The molecule has 4 rings (SSSR count). The number of likely N-dealkylation sites (N-methyl/N-ethyl adjacent to an activating group) is 1. The van der Waals surface area contributed by atoms with Crippen LogP contribution in [-0.2, 0) is 11.3 Å². The van der Waals surface area contributed by atoms with Crippen LogP contribution in [0.15, 0.2) is 35.1 Å². The maximum atomic E-state index is 13.9. The Morgan fingerprint density at radius 1 is 1.10 bits per heavy atom. The van der Waals surface area contributed by atoms with Gasteiger partial charge in [-0.2, -0.15) is 0 Å². The van der Waals surface area contributed by atoms with Gasteiger partial charge in [-0.3, -0.25) is 9.59 Å². The lowest BCUT2D eigenvalue weighted by Crippen LogP contribution is -2.37. The first-order valence-corrected chi connectivity index (χ1v) is 8.92. The first-order valence-electron chi connectivity index (χ1n) is 8.92. The van der Waals surface area contributed by atoms with E-state index in [1.165, 1.54) is 24.1 Å². The van der Waals surface area contributed by atoms with Crippen LogP contribution in [0.3, 0.4) is 0 Å². The number of pyridine rings is 1. The molecule has 2 heterocycles. The normalized spacial score (nSPS) is 16.0. The van der Waals surface area contributed by atoms with E-state index in [9.17, 15) is 22.8 Å². The number of amides is 1. The van der Waals surface area contributed by atoms with Crippen LogP contribution in [0.1, 0.15) is 33.2 Å². The summed E-state index contributed by atoms with van der Waals surface area (Å²) in [4.78, 5) is 29.2. The predicted molar refractivity (Wildman–Crippen MR) is 100 cm³/mol. The van der Waals surface area contributed by atoms with Gasteiger partial charge >= 0.3 is 0 Å². The maximum Gasteiger partial charge on any atom is 0.256 e. The summed E-state index contributed by atoms with van der Waals surface area (Å²) >= 11 is 0. The van der Waals surface area contributed by atoms with Crippen molar-refractivity contribution >= 4 is 16.7 Å². The Kier molecular flexibility index (Phi) is 4.66. The molecular formula is C21H17F3N2O3. The highest BCUT2D eigenvalue weighted by Crippen LogP contribution is 2.34. The lowest BCUT2D eigenvalue weighted by Gasteiger charge is -2.34. The lowest BCUT2D eigenvalue weighted by molar-refractivity contribution is 0.0335. The van der Waals surface area contributed by atoms with Gasteiger partial charge in [0.25, 0.3) is 11.5 Å². The number of aromatic nitrogens is 1. The molecule has 8 heteroatoms. The summed E-state index contributed by atoms with van der Waals surface area (Å²) in [5.41, 5.74) is 0.856. The van der Waals surface area contributed by atoms with Crippen LogP contribution in [0.4, 0.5) is 13.2 Å². The quantitative estimate of drug-likeness (QED) is 0.713. The number of ether oxygens (including phenoxy) is 1. The fourth-order valence-electron chi connectivity index (χ4n) is 3.62. The Labute approximate surface area is 163 Å². The summed E-state index contributed by atoms with van der Waals surface area (Å²) in [6.07, 6.45) is 0. The van der Waals surface area contributed by atoms with Crippen molar-refractivity contribution in [1.82, 2.24) is 9.88 Å². The van der Waals surface area contributed by atoms with E-state index < -0.39 is 35.0 Å². The molecule has 0 unspecified atom stereocenters. The first-order chi connectivity index (χ1) is 13.8. The molecule has 1 aromatic heterocycles. The fraction of sp³-hybridized carbons (Fsp3) is 0.238. The molecule has 1 aliphatic heterocycles. The van der Waals surface area contributed by atoms with Crippen molar-refractivity contribution in [2.45, 2.75) is 19.6 Å². The molecule has 1 N–H and O–H groups in total. The van der Waals surface area contributed by atoms with E-state index >= 15 is 0 Å². The molecule has 0 fully saturated rings. The molecule has 0 aliphatic carbocycles. The molecule has 1 aliphatic rings. The van der Waals surface area contributed by atoms with Gasteiger partial charge in [0.15, 0.2) is 11.6 Å². The standard InChI is InChI=1S/C21H17F3N2O3/c1-10-3-4-11(5-14(10)22)21(28)26(2)18-9-29-8-17-19(18)12-6-15(23)16(24)7-13(12)20(27)25-17/h3-7,18H,8-9H2,1-2H3,(H,25,27)/t18-/m1/s1. The second kappa shape index (κ2) is 7.04. The van der Waals surface area contributed by atoms with Crippen molar-refractivity contribution in [2.75, 3.05) is 13.7 Å². The van der Waals surface area contributed by atoms with Gasteiger partial charge in [0, 0.05) is 23.9 Å². The van der Waals surface area contributed by atoms with Gasteiger partial charge in [0.2, 0.25) is 0 Å². The largest absolute Gasteiger partial charge is 0.373 e. The number of rotatable bonds is 2. The summed E-state index contributed by atoms with van der Waals surface area (Å²) < 4.78 is 47.0. The first kappa shape index (κ1) is 19.2. The Balaban J connectivity index is 1.84.